The van der Waals surface area contributed by atoms with Crippen LogP contribution >= 0.6 is 12.2 Å². The van der Waals surface area contributed by atoms with Gasteiger partial charge in [-0.3, -0.25) is 0 Å². The third-order valence-electron chi connectivity index (χ3n) is 3.93. The molecule has 3 rings (SSSR count). The van der Waals surface area contributed by atoms with Gasteiger partial charge < -0.3 is 4.90 Å². The second-order valence-electron chi connectivity index (χ2n) is 5.77. The van der Waals surface area contributed by atoms with E-state index in [-0.39, 0.29) is 0 Å². The zero-order chi connectivity index (χ0) is 18.2. The first-order valence-corrected chi connectivity index (χ1v) is 8.82. The third-order valence-corrected chi connectivity index (χ3v) is 4.34. The molecule has 1 nitrogen and oxygen atoms in total. The standard InChI is InChI=1S/C24H19NS/c1-25(24(26)19-17-21-12-6-3-7-13-21)23-15-9-8-14-22(23)18-16-20-10-4-2-5-11-20/h2-15,17,19H,1H3/b19-17+. The van der Waals surface area contributed by atoms with Gasteiger partial charge in [0.2, 0.25) is 0 Å². The van der Waals surface area contributed by atoms with Gasteiger partial charge in [-0.25, -0.2) is 0 Å². The summed E-state index contributed by atoms with van der Waals surface area (Å²) < 4.78 is 0. The predicted octanol–water partition coefficient (Wildman–Crippen LogP) is 5.56. The number of likely N-dealkylation sites (N-methyl/N-ethyl adjacent to an activating group) is 1. The predicted molar refractivity (Wildman–Crippen MR) is 115 cm³/mol. The number of hydrogen-bond donors (Lipinski definition) is 0. The van der Waals surface area contributed by atoms with E-state index in [9.17, 15) is 0 Å². The largest absolute Gasteiger partial charge is 0.335 e. The SMILES string of the molecule is CN(C(=S)/C=C/c1ccccc1)c1ccccc1C#Cc1ccccc1. The van der Waals surface area contributed by atoms with Crippen LogP contribution in [0.1, 0.15) is 16.7 Å². The summed E-state index contributed by atoms with van der Waals surface area (Å²) in [7, 11) is 1.97. The molecule has 0 aliphatic heterocycles. The summed E-state index contributed by atoms with van der Waals surface area (Å²) in [5, 5.41) is 0. The summed E-state index contributed by atoms with van der Waals surface area (Å²) in [5.74, 6) is 6.48. The zero-order valence-corrected chi connectivity index (χ0v) is 15.4. The van der Waals surface area contributed by atoms with Crippen LogP contribution < -0.4 is 4.90 Å². The molecule has 0 amide bonds. The lowest BCUT2D eigenvalue weighted by molar-refractivity contribution is 1.29. The second kappa shape index (κ2) is 8.80. The van der Waals surface area contributed by atoms with Crippen molar-refractivity contribution in [2.24, 2.45) is 0 Å². The van der Waals surface area contributed by atoms with Crippen LogP contribution in [0.4, 0.5) is 5.69 Å². The van der Waals surface area contributed by atoms with Gasteiger partial charge in [0, 0.05) is 18.2 Å². The Morgan fingerprint density at radius 1 is 0.808 bits per heavy atom. The van der Waals surface area contributed by atoms with Crippen molar-refractivity contribution in [2.45, 2.75) is 0 Å². The average molecular weight is 353 g/mol. The monoisotopic (exact) mass is 353 g/mol. The fourth-order valence-corrected chi connectivity index (χ4v) is 2.66. The molecule has 0 heterocycles. The molecule has 0 saturated carbocycles. The van der Waals surface area contributed by atoms with Gasteiger partial charge in [0.05, 0.1) is 5.69 Å². The summed E-state index contributed by atoms with van der Waals surface area (Å²) in [6, 6.07) is 28.2. The highest BCUT2D eigenvalue weighted by atomic mass is 32.1. The van der Waals surface area contributed by atoms with E-state index >= 15 is 0 Å². The molecule has 0 N–H and O–H groups in total. The molecule has 0 aliphatic carbocycles. The topological polar surface area (TPSA) is 3.24 Å². The van der Waals surface area contributed by atoms with Crippen molar-refractivity contribution in [3.8, 4) is 11.8 Å². The van der Waals surface area contributed by atoms with E-state index in [1.807, 2.05) is 96.9 Å². The highest BCUT2D eigenvalue weighted by molar-refractivity contribution is 7.81. The Morgan fingerprint density at radius 2 is 1.42 bits per heavy atom. The van der Waals surface area contributed by atoms with Crippen LogP contribution in [0.15, 0.2) is 91.0 Å². The van der Waals surface area contributed by atoms with Crippen LogP contribution in [-0.4, -0.2) is 12.0 Å². The Morgan fingerprint density at radius 3 is 2.15 bits per heavy atom. The number of benzene rings is 3. The van der Waals surface area contributed by atoms with E-state index < -0.39 is 0 Å². The highest BCUT2D eigenvalue weighted by Crippen LogP contribution is 2.19. The molecule has 0 unspecified atom stereocenters. The summed E-state index contributed by atoms with van der Waals surface area (Å²) in [6.07, 6.45) is 3.98. The van der Waals surface area contributed by atoms with Gasteiger partial charge in [0.25, 0.3) is 0 Å². The number of nitrogens with zero attached hydrogens (tertiary/aromatic N) is 1. The Labute approximate surface area is 160 Å². The average Bonchev–Trinajstić information content (AvgIpc) is 2.71. The van der Waals surface area contributed by atoms with Crippen molar-refractivity contribution in [3.05, 3.63) is 108 Å². The lowest BCUT2D eigenvalue weighted by atomic mass is 10.1. The molecule has 126 valence electrons. The van der Waals surface area contributed by atoms with Crippen molar-refractivity contribution in [1.82, 2.24) is 0 Å². The van der Waals surface area contributed by atoms with E-state index in [1.54, 1.807) is 0 Å². The number of thiocarbonyl (C=S) groups is 1. The summed E-state index contributed by atoms with van der Waals surface area (Å²) in [6.45, 7) is 0. The van der Waals surface area contributed by atoms with Gasteiger partial charge in [0.1, 0.15) is 4.99 Å². The van der Waals surface area contributed by atoms with Gasteiger partial charge in [-0.2, -0.15) is 0 Å². The zero-order valence-electron chi connectivity index (χ0n) is 14.6. The van der Waals surface area contributed by atoms with Crippen molar-refractivity contribution in [2.75, 3.05) is 11.9 Å². The Hall–Kier alpha value is -3.15. The van der Waals surface area contributed by atoms with E-state index in [0.29, 0.717) is 0 Å². The third kappa shape index (κ3) is 4.69. The lowest BCUT2D eigenvalue weighted by Crippen LogP contribution is -2.23. The normalized spacial score (nSPS) is 10.2. The molecule has 0 bridgehead atoms. The maximum atomic E-state index is 5.59. The van der Waals surface area contributed by atoms with Crippen molar-refractivity contribution in [3.63, 3.8) is 0 Å². The van der Waals surface area contributed by atoms with Crippen molar-refractivity contribution >= 4 is 29.0 Å². The fourth-order valence-electron chi connectivity index (χ4n) is 2.49. The minimum atomic E-state index is 0.739. The molecular weight excluding hydrogens is 334 g/mol. The van der Waals surface area contributed by atoms with Crippen molar-refractivity contribution in [1.29, 1.82) is 0 Å². The van der Waals surface area contributed by atoms with Crippen molar-refractivity contribution < 1.29 is 0 Å². The molecule has 0 aromatic heterocycles. The molecule has 0 atom stereocenters. The first-order valence-electron chi connectivity index (χ1n) is 8.41. The van der Waals surface area contributed by atoms with Crippen LogP contribution in [0.3, 0.4) is 0 Å². The smallest absolute Gasteiger partial charge is 0.106 e. The minimum absolute atomic E-state index is 0.739. The lowest BCUT2D eigenvalue weighted by Gasteiger charge is -2.19. The van der Waals surface area contributed by atoms with Gasteiger partial charge in [0.15, 0.2) is 0 Å². The number of para-hydroxylation sites is 1. The quantitative estimate of drug-likeness (QED) is 0.344. The molecule has 0 aliphatic rings. The molecule has 2 heteroatoms. The van der Waals surface area contributed by atoms with Gasteiger partial charge in [-0.05, 0) is 35.9 Å². The Kier molecular flexibility index (Phi) is 5.98. The summed E-state index contributed by atoms with van der Waals surface area (Å²) in [4.78, 5) is 2.73. The Bertz CT molecular complexity index is 963. The van der Waals surface area contributed by atoms with Crippen LogP contribution in [0.5, 0.6) is 0 Å². The maximum absolute atomic E-state index is 5.59. The first-order chi connectivity index (χ1) is 12.7. The summed E-state index contributed by atoms with van der Waals surface area (Å²) >= 11 is 5.59. The van der Waals surface area contributed by atoms with Gasteiger partial charge in [-0.15, -0.1) is 0 Å². The van der Waals surface area contributed by atoms with Crippen LogP contribution in [-0.2, 0) is 0 Å². The van der Waals surface area contributed by atoms with Gasteiger partial charge >= 0.3 is 0 Å². The van der Waals surface area contributed by atoms with Crippen LogP contribution in [0.2, 0.25) is 0 Å². The number of anilines is 1. The minimum Gasteiger partial charge on any atom is -0.335 e. The molecule has 0 radical (unpaired) electrons. The highest BCUT2D eigenvalue weighted by Gasteiger charge is 2.08. The van der Waals surface area contributed by atoms with E-state index in [4.69, 9.17) is 12.2 Å². The molecule has 3 aromatic carbocycles. The van der Waals surface area contributed by atoms with E-state index in [0.717, 1.165) is 27.4 Å². The van der Waals surface area contributed by atoms with E-state index in [2.05, 4.69) is 24.0 Å². The second-order valence-corrected chi connectivity index (χ2v) is 6.19. The fraction of sp³-hybridized carbons (Fsp3) is 0.0417. The molecule has 0 fully saturated rings. The maximum Gasteiger partial charge on any atom is 0.106 e. The first kappa shape index (κ1) is 17.7. The molecule has 0 spiro atoms. The number of hydrogen-bond acceptors (Lipinski definition) is 1. The molecule has 0 saturated heterocycles. The van der Waals surface area contributed by atoms with Gasteiger partial charge in [-0.1, -0.05) is 90.8 Å². The molecule has 26 heavy (non-hydrogen) atoms. The molecule has 3 aromatic rings. The van der Waals surface area contributed by atoms with E-state index in [1.165, 1.54) is 0 Å². The van der Waals surface area contributed by atoms with Crippen LogP contribution in [0.25, 0.3) is 6.08 Å². The Balaban J connectivity index is 1.82. The van der Waals surface area contributed by atoms with Crippen LogP contribution in [0, 0.1) is 11.8 Å². The summed E-state index contributed by atoms with van der Waals surface area (Å²) in [5.41, 5.74) is 4.07. The number of rotatable bonds is 3. The molecular formula is C24H19NS.